The summed E-state index contributed by atoms with van der Waals surface area (Å²) in [6.45, 7) is 1.34. The first kappa shape index (κ1) is 28.4. The number of nitrogens with one attached hydrogen (secondary N) is 1. The van der Waals surface area contributed by atoms with Crippen molar-refractivity contribution in [1.82, 2.24) is 14.8 Å². The highest BCUT2D eigenvalue weighted by molar-refractivity contribution is 7.70. The third-order valence-corrected chi connectivity index (χ3v) is 10.1. The Kier molecular flexibility index (Phi) is 7.84. The average Bonchev–Trinajstić information content (AvgIpc) is 3.66. The van der Waals surface area contributed by atoms with E-state index in [1.807, 2.05) is 4.90 Å². The molecular formula is C21H27FN4O10P2. The highest BCUT2D eigenvalue weighted by atomic mass is 31.2. The molecule has 1 saturated heterocycles. The van der Waals surface area contributed by atoms with Crippen molar-refractivity contribution in [2.24, 2.45) is 0 Å². The lowest BCUT2D eigenvalue weighted by Gasteiger charge is -2.30. The minimum absolute atomic E-state index is 0.0361. The standard InChI is InChI=1S/C21H27FN4O10P2/c1-24(21(37(30,31)32)38(33,34)35)18(27)11-36-20(29)14-10-26(12-2-3-12)16-9-17(25-6-4-23-5-7-25)15(22)8-13(16)19(14)28/h8-10,12,21,23H,2-7,11H2,1H3,(H2,30,31,32)(H2,33,34,35). The van der Waals surface area contributed by atoms with Crippen molar-refractivity contribution >= 4 is 43.7 Å². The molecule has 1 aliphatic heterocycles. The number of fused-ring (bicyclic) bond motifs is 1. The van der Waals surface area contributed by atoms with Crippen LogP contribution in [0.15, 0.2) is 23.1 Å². The first-order valence-corrected chi connectivity index (χ1v) is 14.9. The summed E-state index contributed by atoms with van der Waals surface area (Å²) in [5.74, 6) is -3.23. The summed E-state index contributed by atoms with van der Waals surface area (Å²) in [7, 11) is -10.2. The van der Waals surface area contributed by atoms with Gasteiger partial charge in [-0.1, -0.05) is 0 Å². The Balaban J connectivity index is 1.62. The molecule has 5 N–H and O–H groups in total. The van der Waals surface area contributed by atoms with Gasteiger partial charge >= 0.3 is 21.2 Å². The van der Waals surface area contributed by atoms with Gasteiger partial charge in [-0.15, -0.1) is 0 Å². The van der Waals surface area contributed by atoms with Crippen LogP contribution in [-0.4, -0.2) is 86.3 Å². The van der Waals surface area contributed by atoms with Gasteiger partial charge in [-0.3, -0.25) is 18.7 Å². The van der Waals surface area contributed by atoms with Gasteiger partial charge in [0.25, 0.3) is 5.91 Å². The van der Waals surface area contributed by atoms with Gasteiger partial charge in [0.05, 0.1) is 11.2 Å². The summed E-state index contributed by atoms with van der Waals surface area (Å²) < 4.78 is 44.7. The lowest BCUT2D eigenvalue weighted by molar-refractivity contribution is -0.133. The molecule has 2 heterocycles. The van der Waals surface area contributed by atoms with E-state index in [9.17, 15) is 43.1 Å². The Bertz CT molecular complexity index is 1410. The van der Waals surface area contributed by atoms with Crippen molar-refractivity contribution in [2.45, 2.75) is 24.4 Å². The Morgan fingerprint density at radius 3 is 2.32 bits per heavy atom. The highest BCUT2D eigenvalue weighted by Gasteiger charge is 2.48. The van der Waals surface area contributed by atoms with Crippen LogP contribution < -0.4 is 15.6 Å². The number of nitrogens with zero attached hydrogens (tertiary/aromatic N) is 3. The molecule has 14 nitrogen and oxygen atoms in total. The minimum Gasteiger partial charge on any atom is -0.452 e. The van der Waals surface area contributed by atoms with E-state index in [1.165, 1.54) is 6.20 Å². The maximum absolute atomic E-state index is 15.1. The number of carbonyl (C=O) groups excluding carboxylic acids is 2. The summed E-state index contributed by atoms with van der Waals surface area (Å²) in [6, 6.07) is 2.60. The number of aromatic nitrogens is 1. The van der Waals surface area contributed by atoms with Crippen LogP contribution in [0.25, 0.3) is 10.9 Å². The number of halogens is 1. The van der Waals surface area contributed by atoms with E-state index in [0.29, 0.717) is 37.4 Å². The van der Waals surface area contributed by atoms with Crippen molar-refractivity contribution in [2.75, 3.05) is 44.7 Å². The van der Waals surface area contributed by atoms with E-state index in [4.69, 9.17) is 4.74 Å². The number of piperazine rings is 1. The summed E-state index contributed by atoms with van der Waals surface area (Å²) in [6.07, 6.45) is 2.80. The summed E-state index contributed by atoms with van der Waals surface area (Å²) >= 11 is 0. The van der Waals surface area contributed by atoms with Crippen LogP contribution in [0.5, 0.6) is 0 Å². The smallest absolute Gasteiger partial charge is 0.360 e. The molecule has 0 radical (unpaired) electrons. The number of anilines is 1. The molecule has 38 heavy (non-hydrogen) atoms. The zero-order chi connectivity index (χ0) is 28.0. The molecular weight excluding hydrogens is 549 g/mol. The summed E-state index contributed by atoms with van der Waals surface area (Å²) in [5, 5.41) is 3.12. The Hall–Kier alpha value is -2.64. The lowest BCUT2D eigenvalue weighted by atomic mass is 10.1. The van der Waals surface area contributed by atoms with Gasteiger partial charge in [-0.2, -0.15) is 0 Å². The average molecular weight is 576 g/mol. The van der Waals surface area contributed by atoms with Crippen molar-refractivity contribution < 1.29 is 47.4 Å². The second-order valence-electron chi connectivity index (χ2n) is 9.17. The molecule has 17 heteroatoms. The van der Waals surface area contributed by atoms with Crippen molar-refractivity contribution in [3.05, 3.63) is 39.9 Å². The van der Waals surface area contributed by atoms with Crippen LogP contribution in [0.4, 0.5) is 10.1 Å². The van der Waals surface area contributed by atoms with Crippen molar-refractivity contribution in [3.8, 4) is 0 Å². The molecule has 208 valence electrons. The fraction of sp³-hybridized carbons (Fsp3) is 0.476. The van der Waals surface area contributed by atoms with E-state index in [-0.39, 0.29) is 16.3 Å². The monoisotopic (exact) mass is 576 g/mol. The van der Waals surface area contributed by atoms with E-state index < -0.39 is 56.0 Å². The molecule has 4 rings (SSSR count). The van der Waals surface area contributed by atoms with E-state index in [1.54, 1.807) is 10.6 Å². The molecule has 1 saturated carbocycles. The number of hydrogen-bond acceptors (Lipinski definition) is 8. The number of hydrogen-bond donors (Lipinski definition) is 5. The predicted molar refractivity (Wildman–Crippen MR) is 132 cm³/mol. The molecule has 2 aromatic rings. The maximum Gasteiger partial charge on any atom is 0.360 e. The Morgan fingerprint density at radius 1 is 1.16 bits per heavy atom. The largest absolute Gasteiger partial charge is 0.452 e. The van der Waals surface area contributed by atoms with Gasteiger partial charge in [0.1, 0.15) is 11.4 Å². The number of benzene rings is 1. The summed E-state index contributed by atoms with van der Waals surface area (Å²) in [4.78, 5) is 77.3. The van der Waals surface area contributed by atoms with Gasteiger partial charge in [0.2, 0.25) is 11.0 Å². The fourth-order valence-electron chi connectivity index (χ4n) is 4.39. The van der Waals surface area contributed by atoms with Crippen LogP contribution in [0, 0.1) is 5.82 Å². The van der Waals surface area contributed by atoms with Gasteiger partial charge in [0, 0.05) is 50.9 Å². The van der Waals surface area contributed by atoms with Crippen LogP contribution >= 0.6 is 15.2 Å². The van der Waals surface area contributed by atoms with Gasteiger partial charge in [0.15, 0.2) is 6.61 Å². The number of rotatable bonds is 8. The predicted octanol–water partition coefficient (Wildman–Crippen LogP) is 0.139. The lowest BCUT2D eigenvalue weighted by Crippen LogP contribution is -2.43. The molecule has 1 amide bonds. The second kappa shape index (κ2) is 10.5. The third kappa shape index (κ3) is 5.84. The maximum atomic E-state index is 15.1. The first-order valence-electron chi connectivity index (χ1n) is 11.6. The third-order valence-electron chi connectivity index (χ3n) is 6.39. The zero-order valence-corrected chi connectivity index (χ0v) is 22.0. The molecule has 0 atom stereocenters. The van der Waals surface area contributed by atoms with Gasteiger partial charge in [-0.05, 0) is 25.0 Å². The van der Waals surface area contributed by atoms with E-state index in [2.05, 4.69) is 5.32 Å². The van der Waals surface area contributed by atoms with E-state index >= 15 is 4.39 Å². The normalized spacial score (nSPS) is 16.7. The van der Waals surface area contributed by atoms with Gasteiger partial charge in [-0.25, -0.2) is 9.18 Å². The van der Waals surface area contributed by atoms with Gasteiger partial charge < -0.3 is 44.0 Å². The number of ether oxygens (including phenoxy) is 1. The van der Waals surface area contributed by atoms with E-state index in [0.717, 1.165) is 26.0 Å². The molecule has 0 bridgehead atoms. The van der Waals surface area contributed by atoms with Crippen LogP contribution in [0.1, 0.15) is 29.2 Å². The first-order chi connectivity index (χ1) is 17.7. The molecule has 2 aliphatic rings. The molecule has 1 aromatic carbocycles. The Morgan fingerprint density at radius 2 is 1.76 bits per heavy atom. The Labute approximate surface area is 215 Å². The van der Waals surface area contributed by atoms with Crippen LogP contribution in [0.2, 0.25) is 0 Å². The fourth-order valence-corrected chi connectivity index (χ4v) is 7.12. The number of likely N-dealkylation sites (N-methyl/N-ethyl adjacent to an activating group) is 1. The number of esters is 1. The molecule has 0 unspecified atom stereocenters. The van der Waals surface area contributed by atoms with Crippen LogP contribution in [0.3, 0.4) is 0 Å². The SMILES string of the molecule is CN(C(=O)COC(=O)c1cn(C2CC2)c2cc(N3CCNCC3)c(F)cc2c1=O)C(P(=O)(O)O)P(=O)(O)O. The molecule has 1 aliphatic carbocycles. The number of pyridine rings is 1. The summed E-state index contributed by atoms with van der Waals surface area (Å²) in [5.41, 5.74) is -3.33. The van der Waals surface area contributed by atoms with Crippen LogP contribution in [-0.2, 0) is 18.7 Å². The number of carbonyl (C=O) groups is 2. The minimum atomic E-state index is -5.47. The highest BCUT2D eigenvalue weighted by Crippen LogP contribution is 2.60. The topological polar surface area (TPSA) is 199 Å². The molecule has 1 aromatic heterocycles. The molecule has 2 fully saturated rings. The molecule has 0 spiro atoms. The quantitative estimate of drug-likeness (QED) is 0.211. The number of amides is 1. The second-order valence-corrected chi connectivity index (χ2v) is 12.9. The zero-order valence-electron chi connectivity index (χ0n) is 20.2. The van der Waals surface area contributed by atoms with Crippen molar-refractivity contribution in [1.29, 1.82) is 0 Å². The van der Waals surface area contributed by atoms with Crippen molar-refractivity contribution in [3.63, 3.8) is 0 Å².